The zero-order chi connectivity index (χ0) is 23.6. The van der Waals surface area contributed by atoms with Crippen LogP contribution in [0.5, 0.6) is 5.75 Å². The van der Waals surface area contributed by atoms with Crippen molar-refractivity contribution in [1.82, 2.24) is 20.0 Å². The summed E-state index contributed by atoms with van der Waals surface area (Å²) in [5, 5.41) is 15.5. The van der Waals surface area contributed by atoms with Gasteiger partial charge in [0.05, 0.1) is 11.4 Å². The van der Waals surface area contributed by atoms with Crippen LogP contribution < -0.4 is 15.0 Å². The fourth-order valence-corrected chi connectivity index (χ4v) is 3.85. The summed E-state index contributed by atoms with van der Waals surface area (Å²) in [6, 6.07) is 11.2. The number of nitrogens with one attached hydrogen (secondary N) is 1. The molecule has 1 N–H and O–H groups in total. The quantitative estimate of drug-likeness (QED) is 0.619. The van der Waals surface area contributed by atoms with Crippen LogP contribution >= 0.6 is 0 Å². The summed E-state index contributed by atoms with van der Waals surface area (Å²) in [7, 11) is 0. The molecular formula is C22H23F3N6O2. The van der Waals surface area contributed by atoms with E-state index in [1.54, 1.807) is 4.68 Å². The molecule has 1 aromatic carbocycles. The van der Waals surface area contributed by atoms with E-state index in [-0.39, 0.29) is 17.5 Å². The zero-order valence-electron chi connectivity index (χ0n) is 18.1. The van der Waals surface area contributed by atoms with Crippen LogP contribution in [-0.4, -0.2) is 45.3 Å². The highest BCUT2D eigenvalue weighted by atomic mass is 19.4. The third-order valence-corrected chi connectivity index (χ3v) is 5.42. The second-order valence-corrected chi connectivity index (χ2v) is 7.88. The van der Waals surface area contributed by atoms with E-state index in [1.165, 1.54) is 24.3 Å². The van der Waals surface area contributed by atoms with Gasteiger partial charge in [-0.1, -0.05) is 12.1 Å². The third kappa shape index (κ3) is 5.41. The third-order valence-electron chi connectivity index (χ3n) is 5.42. The van der Waals surface area contributed by atoms with E-state index in [1.807, 2.05) is 36.9 Å². The second kappa shape index (κ2) is 9.08. The van der Waals surface area contributed by atoms with E-state index in [4.69, 9.17) is 0 Å². The fourth-order valence-electron chi connectivity index (χ4n) is 3.85. The average molecular weight is 460 g/mol. The van der Waals surface area contributed by atoms with Crippen LogP contribution in [0.1, 0.15) is 24.2 Å². The molecular weight excluding hydrogens is 437 g/mol. The number of aromatic nitrogens is 4. The fraction of sp³-hybridized carbons (Fsp3) is 0.364. The molecule has 0 saturated carbocycles. The van der Waals surface area contributed by atoms with Gasteiger partial charge in [0.15, 0.2) is 17.4 Å². The zero-order valence-corrected chi connectivity index (χ0v) is 18.1. The molecule has 8 nitrogen and oxygen atoms in total. The van der Waals surface area contributed by atoms with Crippen LogP contribution in [0.4, 0.5) is 24.7 Å². The van der Waals surface area contributed by atoms with Crippen LogP contribution in [0.25, 0.3) is 5.82 Å². The van der Waals surface area contributed by atoms with Crippen molar-refractivity contribution in [2.24, 2.45) is 5.92 Å². The lowest BCUT2D eigenvalue weighted by Crippen LogP contribution is -2.38. The number of alkyl halides is 3. The number of hydrogen-bond donors (Lipinski definition) is 1. The molecule has 33 heavy (non-hydrogen) atoms. The predicted molar refractivity (Wildman–Crippen MR) is 115 cm³/mol. The maximum Gasteiger partial charge on any atom is 0.573 e. The van der Waals surface area contributed by atoms with Crippen LogP contribution in [0.15, 0.2) is 42.5 Å². The highest BCUT2D eigenvalue weighted by Crippen LogP contribution is 2.31. The minimum atomic E-state index is -4.84. The Bertz CT molecular complexity index is 1120. The molecule has 1 saturated heterocycles. The topological polar surface area (TPSA) is 85.2 Å². The Morgan fingerprint density at radius 1 is 1.06 bits per heavy atom. The van der Waals surface area contributed by atoms with Crippen molar-refractivity contribution in [2.75, 3.05) is 23.3 Å². The number of carbonyl (C=O) groups is 1. The molecule has 174 valence electrons. The van der Waals surface area contributed by atoms with E-state index in [0.717, 1.165) is 11.4 Å². The molecule has 11 heteroatoms. The molecule has 1 aliphatic rings. The van der Waals surface area contributed by atoms with E-state index >= 15 is 0 Å². The molecule has 3 heterocycles. The number of hydrogen-bond acceptors (Lipinski definition) is 6. The Hall–Kier alpha value is -3.63. The first-order valence-electron chi connectivity index (χ1n) is 10.5. The van der Waals surface area contributed by atoms with Crippen LogP contribution in [-0.2, 0) is 4.79 Å². The molecule has 2 aromatic heterocycles. The highest BCUT2D eigenvalue weighted by molar-refractivity contribution is 5.94. The summed E-state index contributed by atoms with van der Waals surface area (Å²) < 4.78 is 43.5. The van der Waals surface area contributed by atoms with Crippen LogP contribution in [0.3, 0.4) is 0 Å². The normalized spacial score (nSPS) is 14.9. The van der Waals surface area contributed by atoms with Gasteiger partial charge in [-0.15, -0.1) is 23.4 Å². The van der Waals surface area contributed by atoms with E-state index in [9.17, 15) is 18.0 Å². The molecule has 0 spiro atoms. The molecule has 0 aliphatic carbocycles. The monoisotopic (exact) mass is 460 g/mol. The molecule has 1 amide bonds. The molecule has 0 radical (unpaired) electrons. The molecule has 1 fully saturated rings. The standard InChI is InChI=1S/C22H23F3N6O2/c1-14-13-15(2)31(29-14)20-8-7-19(27-28-20)30-11-9-16(10-12-30)21(32)26-17-5-3-4-6-18(17)33-22(23,24)25/h3-8,13,16H,9-12H2,1-2H3,(H,26,32). The Labute approximate surface area is 188 Å². The first-order valence-corrected chi connectivity index (χ1v) is 10.5. The molecule has 1 aliphatic heterocycles. The minimum absolute atomic E-state index is 0.00661. The SMILES string of the molecule is Cc1cc(C)n(-c2ccc(N3CCC(C(=O)Nc4ccccc4OC(F)(F)F)CC3)nn2)n1. The van der Waals surface area contributed by atoms with Gasteiger partial charge >= 0.3 is 6.36 Å². The minimum Gasteiger partial charge on any atom is -0.404 e. The number of amides is 1. The summed E-state index contributed by atoms with van der Waals surface area (Å²) in [5.74, 6) is 0.219. The largest absolute Gasteiger partial charge is 0.573 e. The Kier molecular flexibility index (Phi) is 6.21. The average Bonchev–Trinajstić information content (AvgIpc) is 3.12. The smallest absolute Gasteiger partial charge is 0.404 e. The maximum absolute atomic E-state index is 12.7. The highest BCUT2D eigenvalue weighted by Gasteiger charge is 2.33. The molecule has 0 bridgehead atoms. The lowest BCUT2D eigenvalue weighted by Gasteiger charge is -2.32. The van der Waals surface area contributed by atoms with Crippen molar-refractivity contribution in [3.05, 3.63) is 53.9 Å². The number of piperidine rings is 1. The maximum atomic E-state index is 12.7. The summed E-state index contributed by atoms with van der Waals surface area (Å²) in [6.07, 6.45) is -3.76. The first kappa shape index (κ1) is 22.6. The second-order valence-electron chi connectivity index (χ2n) is 7.88. The van der Waals surface area contributed by atoms with Gasteiger partial charge in [-0.3, -0.25) is 4.79 Å². The lowest BCUT2D eigenvalue weighted by molar-refractivity contribution is -0.274. The van der Waals surface area contributed by atoms with Crippen molar-refractivity contribution in [1.29, 1.82) is 0 Å². The van der Waals surface area contributed by atoms with Crippen molar-refractivity contribution in [2.45, 2.75) is 33.1 Å². The van der Waals surface area contributed by atoms with Crippen molar-refractivity contribution < 1.29 is 22.7 Å². The van der Waals surface area contributed by atoms with Gasteiger partial charge in [0.2, 0.25) is 5.91 Å². The van der Waals surface area contributed by atoms with Crippen molar-refractivity contribution >= 4 is 17.4 Å². The summed E-state index contributed by atoms with van der Waals surface area (Å²) >= 11 is 0. The van der Waals surface area contributed by atoms with Crippen molar-refractivity contribution in [3.8, 4) is 11.6 Å². The Balaban J connectivity index is 1.35. The van der Waals surface area contributed by atoms with Gasteiger partial charge in [-0.05, 0) is 57.0 Å². The first-order chi connectivity index (χ1) is 15.7. The number of anilines is 2. The van der Waals surface area contributed by atoms with E-state index < -0.39 is 12.1 Å². The predicted octanol–water partition coefficient (Wildman–Crippen LogP) is 4.03. The number of ether oxygens (including phenoxy) is 1. The van der Waals surface area contributed by atoms with Gasteiger partial charge in [0, 0.05) is 24.7 Å². The Morgan fingerprint density at radius 2 is 1.73 bits per heavy atom. The number of carbonyl (C=O) groups excluding carboxylic acids is 1. The van der Waals surface area contributed by atoms with Crippen LogP contribution in [0, 0.1) is 19.8 Å². The van der Waals surface area contributed by atoms with Gasteiger partial charge in [0.25, 0.3) is 0 Å². The number of halogens is 3. The number of rotatable bonds is 5. The number of aryl methyl sites for hydroxylation is 2. The van der Waals surface area contributed by atoms with E-state index in [0.29, 0.717) is 37.6 Å². The Morgan fingerprint density at radius 3 is 2.33 bits per heavy atom. The van der Waals surface area contributed by atoms with Gasteiger partial charge in [-0.25, -0.2) is 4.68 Å². The molecule has 3 aromatic rings. The number of benzene rings is 1. The summed E-state index contributed by atoms with van der Waals surface area (Å²) in [6.45, 7) is 5.01. The summed E-state index contributed by atoms with van der Waals surface area (Å²) in [5.41, 5.74) is 1.85. The summed E-state index contributed by atoms with van der Waals surface area (Å²) in [4.78, 5) is 14.7. The molecule has 0 unspecified atom stereocenters. The van der Waals surface area contributed by atoms with E-state index in [2.05, 4.69) is 25.3 Å². The van der Waals surface area contributed by atoms with Gasteiger partial charge < -0.3 is 15.0 Å². The number of nitrogens with zero attached hydrogens (tertiary/aromatic N) is 5. The van der Waals surface area contributed by atoms with Crippen LogP contribution in [0.2, 0.25) is 0 Å². The number of para-hydroxylation sites is 2. The molecule has 0 atom stereocenters. The lowest BCUT2D eigenvalue weighted by atomic mass is 9.95. The van der Waals surface area contributed by atoms with Gasteiger partial charge in [0.1, 0.15) is 0 Å². The van der Waals surface area contributed by atoms with Gasteiger partial charge in [-0.2, -0.15) is 5.10 Å². The molecule has 4 rings (SSSR count). The van der Waals surface area contributed by atoms with Crippen molar-refractivity contribution in [3.63, 3.8) is 0 Å².